The van der Waals surface area contributed by atoms with Gasteiger partial charge in [0.15, 0.2) is 11.5 Å². The van der Waals surface area contributed by atoms with Crippen molar-refractivity contribution in [3.8, 4) is 17.2 Å². The average Bonchev–Trinajstić information content (AvgIpc) is 2.26. The van der Waals surface area contributed by atoms with Gasteiger partial charge in [-0.2, -0.15) is 0 Å². The summed E-state index contributed by atoms with van der Waals surface area (Å²) in [7, 11) is 0. The summed E-state index contributed by atoms with van der Waals surface area (Å²) in [6, 6.07) is 1.78. The predicted octanol–water partition coefficient (Wildman–Crippen LogP) is 1.43. The first-order valence-electron chi connectivity index (χ1n) is 4.74. The molecule has 0 spiro atoms. The number of fused-ring (bicyclic) bond motifs is 1. The topological polar surface area (TPSA) is 64.7 Å². The van der Waals surface area contributed by atoms with Gasteiger partial charge in [-0.1, -0.05) is 0 Å². The Morgan fingerprint density at radius 2 is 2.13 bits per heavy atom. The van der Waals surface area contributed by atoms with Crippen molar-refractivity contribution < 1.29 is 14.6 Å². The van der Waals surface area contributed by atoms with E-state index < -0.39 is 0 Å². The molecule has 0 aliphatic carbocycles. The van der Waals surface area contributed by atoms with Crippen molar-refractivity contribution in [2.24, 2.45) is 5.73 Å². The van der Waals surface area contributed by atoms with Crippen LogP contribution in [-0.4, -0.2) is 24.9 Å². The van der Waals surface area contributed by atoms with Gasteiger partial charge in [0.2, 0.25) is 0 Å². The Morgan fingerprint density at radius 1 is 1.40 bits per heavy atom. The molecule has 0 saturated carbocycles. The zero-order valence-corrected chi connectivity index (χ0v) is 9.71. The molecule has 0 saturated heterocycles. The third-order valence-electron chi connectivity index (χ3n) is 2.24. The lowest BCUT2D eigenvalue weighted by atomic mass is 10.1. The van der Waals surface area contributed by atoms with Crippen LogP contribution in [-0.2, 0) is 6.42 Å². The molecule has 1 aromatic rings. The summed E-state index contributed by atoms with van der Waals surface area (Å²) in [5.74, 6) is 1.42. The fourth-order valence-corrected chi connectivity index (χ4v) is 2.10. The molecule has 0 unspecified atom stereocenters. The fourth-order valence-electron chi connectivity index (χ4n) is 1.53. The van der Waals surface area contributed by atoms with E-state index in [9.17, 15) is 5.11 Å². The summed E-state index contributed by atoms with van der Waals surface area (Å²) in [5, 5.41) is 9.85. The fraction of sp³-hybridized carbons (Fsp3) is 0.400. The molecular formula is C10H12BrNO3. The summed E-state index contributed by atoms with van der Waals surface area (Å²) >= 11 is 3.29. The Morgan fingerprint density at radius 3 is 2.87 bits per heavy atom. The number of phenolic OH excluding ortho intramolecular Hbond substituents is 1. The standard InChI is InChI=1S/C10H12BrNO3/c11-8-9(13)6(1-2-12)5-7-10(8)15-4-3-14-7/h5,13H,1-4,12H2. The summed E-state index contributed by atoms with van der Waals surface area (Å²) in [6.45, 7) is 1.52. The van der Waals surface area contributed by atoms with Crippen LogP contribution in [0.4, 0.5) is 0 Å². The van der Waals surface area contributed by atoms with Crippen LogP contribution in [0, 0.1) is 0 Å². The van der Waals surface area contributed by atoms with Crippen LogP contribution in [0.15, 0.2) is 10.5 Å². The zero-order valence-electron chi connectivity index (χ0n) is 8.12. The summed E-state index contributed by atoms with van der Waals surface area (Å²) < 4.78 is 11.4. The highest BCUT2D eigenvalue weighted by Crippen LogP contribution is 2.45. The summed E-state index contributed by atoms with van der Waals surface area (Å²) in [5.41, 5.74) is 6.23. The van der Waals surface area contributed by atoms with Crippen LogP contribution in [0.25, 0.3) is 0 Å². The van der Waals surface area contributed by atoms with E-state index in [0.717, 1.165) is 5.56 Å². The second kappa shape index (κ2) is 4.28. The minimum Gasteiger partial charge on any atom is -0.506 e. The molecule has 0 atom stereocenters. The maximum absolute atomic E-state index is 9.85. The number of nitrogens with two attached hydrogens (primary N) is 1. The van der Waals surface area contributed by atoms with Gasteiger partial charge in [0.25, 0.3) is 0 Å². The van der Waals surface area contributed by atoms with E-state index in [1.165, 1.54) is 0 Å². The molecule has 82 valence electrons. The molecule has 0 bridgehead atoms. The van der Waals surface area contributed by atoms with Crippen LogP contribution >= 0.6 is 15.9 Å². The quantitative estimate of drug-likeness (QED) is 0.856. The monoisotopic (exact) mass is 273 g/mol. The van der Waals surface area contributed by atoms with Crippen LogP contribution in [0.1, 0.15) is 5.56 Å². The Kier molecular flexibility index (Phi) is 3.02. The van der Waals surface area contributed by atoms with Crippen LogP contribution in [0.3, 0.4) is 0 Å². The van der Waals surface area contributed by atoms with Gasteiger partial charge in [-0.3, -0.25) is 0 Å². The third-order valence-corrected chi connectivity index (χ3v) is 2.98. The number of aromatic hydroxyl groups is 1. The van der Waals surface area contributed by atoms with E-state index in [0.29, 0.717) is 42.2 Å². The van der Waals surface area contributed by atoms with Gasteiger partial charge in [-0.05, 0) is 35.0 Å². The normalized spacial score (nSPS) is 14.0. The summed E-state index contributed by atoms with van der Waals surface area (Å²) in [6.07, 6.45) is 0.612. The van der Waals surface area contributed by atoms with Crippen molar-refractivity contribution in [1.82, 2.24) is 0 Å². The maximum Gasteiger partial charge on any atom is 0.179 e. The lowest BCUT2D eigenvalue weighted by molar-refractivity contribution is 0.169. The lowest BCUT2D eigenvalue weighted by Gasteiger charge is -2.21. The van der Waals surface area contributed by atoms with Gasteiger partial charge in [-0.25, -0.2) is 0 Å². The molecule has 2 rings (SSSR count). The Bertz CT molecular complexity index is 381. The predicted molar refractivity (Wildman–Crippen MR) is 59.6 cm³/mol. The highest BCUT2D eigenvalue weighted by atomic mass is 79.9. The van der Waals surface area contributed by atoms with Gasteiger partial charge in [0.1, 0.15) is 23.4 Å². The van der Waals surface area contributed by atoms with E-state index >= 15 is 0 Å². The summed E-state index contributed by atoms with van der Waals surface area (Å²) in [4.78, 5) is 0. The van der Waals surface area contributed by atoms with Gasteiger partial charge >= 0.3 is 0 Å². The number of ether oxygens (including phenoxy) is 2. The Labute approximate surface area is 96.1 Å². The van der Waals surface area contributed by atoms with Crippen LogP contribution in [0.5, 0.6) is 17.2 Å². The minimum absolute atomic E-state index is 0.185. The largest absolute Gasteiger partial charge is 0.506 e. The van der Waals surface area contributed by atoms with Crippen molar-refractivity contribution in [2.75, 3.05) is 19.8 Å². The molecule has 0 radical (unpaired) electrons. The van der Waals surface area contributed by atoms with Gasteiger partial charge in [-0.15, -0.1) is 0 Å². The van der Waals surface area contributed by atoms with E-state index in [4.69, 9.17) is 15.2 Å². The van der Waals surface area contributed by atoms with Crippen molar-refractivity contribution in [3.63, 3.8) is 0 Å². The number of halogens is 1. The average molecular weight is 274 g/mol. The molecule has 1 aliphatic rings. The highest BCUT2D eigenvalue weighted by Gasteiger charge is 2.20. The number of benzene rings is 1. The zero-order chi connectivity index (χ0) is 10.8. The first-order valence-corrected chi connectivity index (χ1v) is 5.53. The molecule has 1 aromatic carbocycles. The Hall–Kier alpha value is -0.940. The molecule has 0 fully saturated rings. The second-order valence-electron chi connectivity index (χ2n) is 3.26. The number of phenols is 1. The molecule has 0 aromatic heterocycles. The molecule has 15 heavy (non-hydrogen) atoms. The molecule has 5 heteroatoms. The molecule has 3 N–H and O–H groups in total. The minimum atomic E-state index is 0.185. The third kappa shape index (κ3) is 1.89. The van der Waals surface area contributed by atoms with E-state index in [-0.39, 0.29) is 5.75 Å². The van der Waals surface area contributed by atoms with Crippen molar-refractivity contribution >= 4 is 15.9 Å². The number of hydrogen-bond donors (Lipinski definition) is 2. The van der Waals surface area contributed by atoms with Gasteiger partial charge in [0.05, 0.1) is 0 Å². The molecule has 1 heterocycles. The van der Waals surface area contributed by atoms with Gasteiger partial charge < -0.3 is 20.3 Å². The molecule has 1 aliphatic heterocycles. The lowest BCUT2D eigenvalue weighted by Crippen LogP contribution is -2.16. The highest BCUT2D eigenvalue weighted by molar-refractivity contribution is 9.10. The van der Waals surface area contributed by atoms with Crippen molar-refractivity contribution in [2.45, 2.75) is 6.42 Å². The van der Waals surface area contributed by atoms with E-state index in [1.807, 2.05) is 0 Å². The molecule has 4 nitrogen and oxygen atoms in total. The molecule has 0 amide bonds. The maximum atomic E-state index is 9.85. The number of hydrogen-bond acceptors (Lipinski definition) is 4. The SMILES string of the molecule is NCCc1cc2c(c(Br)c1O)OCCO2. The van der Waals surface area contributed by atoms with Gasteiger partial charge in [0, 0.05) is 5.56 Å². The first kappa shape index (κ1) is 10.6. The van der Waals surface area contributed by atoms with Crippen molar-refractivity contribution in [3.05, 3.63) is 16.1 Å². The van der Waals surface area contributed by atoms with Crippen LogP contribution < -0.4 is 15.2 Å². The smallest absolute Gasteiger partial charge is 0.179 e. The Balaban J connectivity index is 2.47. The van der Waals surface area contributed by atoms with Crippen LogP contribution in [0.2, 0.25) is 0 Å². The van der Waals surface area contributed by atoms with E-state index in [1.54, 1.807) is 6.07 Å². The first-order chi connectivity index (χ1) is 7.24. The molecular weight excluding hydrogens is 262 g/mol. The van der Waals surface area contributed by atoms with Crippen molar-refractivity contribution in [1.29, 1.82) is 0 Å². The number of rotatable bonds is 2. The van der Waals surface area contributed by atoms with E-state index in [2.05, 4.69) is 15.9 Å². The second-order valence-corrected chi connectivity index (χ2v) is 4.05.